The molecule has 0 bridgehead atoms. The van der Waals surface area contributed by atoms with Crippen molar-refractivity contribution in [3.63, 3.8) is 0 Å². The van der Waals surface area contributed by atoms with Gasteiger partial charge < -0.3 is 15.3 Å². The molecule has 5 saturated carbocycles. The lowest BCUT2D eigenvalue weighted by Crippen LogP contribution is -2.66. The molecule has 1 unspecified atom stereocenters. The molecular formula is C39H58N2O6S. The number of amides is 1. The number of sulfone groups is 1. The molecule has 0 saturated heterocycles. The SMILES string of the molecule is CC(=O)[C@@H]1C[C@@]2(C)[C@@H]3CC[C@H]4[C@](C)(C(O)S(=O)(=O)c5ccc(C)cc5)[C@@H](NC(=O)C(C)C)CC[C@@]45C[C@@]35C(=O)C[C@]2(C)[C@H]1[C@H](C)N(C)C. The molecule has 0 aromatic heterocycles. The number of fused-ring (bicyclic) bond motifs is 2. The molecule has 1 aromatic carbocycles. The summed E-state index contributed by atoms with van der Waals surface area (Å²) < 4.78 is 28.6. The molecule has 5 fully saturated rings. The highest BCUT2D eigenvalue weighted by Gasteiger charge is 2.87. The standard InChI is InChI=1S/C39H58N2O6S/c1-22(2)33(44)40-30-17-18-38-21-39(38)28(15-16-29(38)37(30,8)34(45)48(46,47)26-13-11-23(3)12-14-26)35(6)19-27(25(5)42)32(24(4)41(9)10)36(35,7)20-31(39)43/h11-14,22,24,27-30,32,34,45H,15-21H2,1-10H3,(H,40,44)/t24-,27-,28-,29-,30-,32-,34?,35-,36+,37-,38+,39-/m0/s1. The van der Waals surface area contributed by atoms with Crippen LogP contribution in [0, 0.1) is 63.6 Å². The van der Waals surface area contributed by atoms with Crippen LogP contribution in [0.25, 0.3) is 0 Å². The van der Waals surface area contributed by atoms with Crippen molar-refractivity contribution < 1.29 is 27.9 Å². The molecule has 0 heterocycles. The Morgan fingerprint density at radius 1 is 0.979 bits per heavy atom. The van der Waals surface area contributed by atoms with E-state index in [4.69, 9.17) is 0 Å². The number of carbonyl (C=O) groups excluding carboxylic acids is 3. The molecule has 2 N–H and O–H groups in total. The molecule has 9 heteroatoms. The van der Waals surface area contributed by atoms with E-state index in [9.17, 15) is 27.9 Å². The summed E-state index contributed by atoms with van der Waals surface area (Å²) in [6.07, 6.45) is 4.46. The first-order valence-corrected chi connectivity index (χ1v) is 19.7. The van der Waals surface area contributed by atoms with E-state index in [0.29, 0.717) is 32.1 Å². The number of nitrogens with zero attached hydrogens (tertiary/aromatic N) is 1. The van der Waals surface area contributed by atoms with Crippen LogP contribution in [-0.4, -0.2) is 67.5 Å². The lowest BCUT2D eigenvalue weighted by Gasteiger charge is -2.63. The third-order valence-electron chi connectivity index (χ3n) is 15.5. The Kier molecular flexibility index (Phi) is 8.33. The average Bonchev–Trinajstić information content (AvgIpc) is 3.64. The van der Waals surface area contributed by atoms with E-state index in [1.807, 2.05) is 27.7 Å². The van der Waals surface area contributed by atoms with Crippen molar-refractivity contribution in [3.05, 3.63) is 29.8 Å². The molecular weight excluding hydrogens is 625 g/mol. The number of hydrogen-bond donors (Lipinski definition) is 2. The van der Waals surface area contributed by atoms with Crippen LogP contribution >= 0.6 is 0 Å². The predicted octanol–water partition coefficient (Wildman–Crippen LogP) is 5.59. The van der Waals surface area contributed by atoms with Crippen LogP contribution in [0.4, 0.5) is 0 Å². The summed E-state index contributed by atoms with van der Waals surface area (Å²) in [5, 5.41) is 15.4. The topological polar surface area (TPSA) is 121 Å². The minimum atomic E-state index is -4.21. The van der Waals surface area contributed by atoms with E-state index < -0.39 is 37.6 Å². The van der Waals surface area contributed by atoms with Gasteiger partial charge in [0.2, 0.25) is 15.7 Å². The number of nitrogens with one attached hydrogen (secondary N) is 1. The number of rotatable bonds is 8. The quantitative estimate of drug-likeness (QED) is 0.367. The van der Waals surface area contributed by atoms with Crippen molar-refractivity contribution in [2.24, 2.45) is 56.7 Å². The fourth-order valence-corrected chi connectivity index (χ4v) is 14.4. The average molecular weight is 683 g/mol. The number of Topliss-reactive ketones (excluding diaryl/α,β-unsaturated/α-hetero) is 2. The van der Waals surface area contributed by atoms with Gasteiger partial charge >= 0.3 is 0 Å². The molecule has 2 spiro atoms. The monoisotopic (exact) mass is 682 g/mol. The Labute approximate surface area is 288 Å². The normalized spacial score (nSPS) is 43.1. The van der Waals surface area contributed by atoms with Crippen LogP contribution in [-0.2, 0) is 24.2 Å². The zero-order valence-electron chi connectivity index (χ0n) is 30.7. The minimum Gasteiger partial charge on any atom is -0.376 e. The molecule has 5 aliphatic rings. The first-order valence-electron chi connectivity index (χ1n) is 18.2. The second-order valence-electron chi connectivity index (χ2n) is 17.9. The van der Waals surface area contributed by atoms with Crippen molar-refractivity contribution in [2.75, 3.05) is 14.1 Å². The summed E-state index contributed by atoms with van der Waals surface area (Å²) in [6.45, 7) is 15.9. The molecule has 12 atom stereocenters. The molecule has 1 amide bonds. The molecule has 48 heavy (non-hydrogen) atoms. The Balaban J connectivity index is 1.45. The summed E-state index contributed by atoms with van der Waals surface area (Å²) in [5.74, 6) is -0.276. The molecule has 6 rings (SSSR count). The maximum Gasteiger partial charge on any atom is 0.222 e. The number of aliphatic hydroxyl groups is 1. The predicted molar refractivity (Wildman–Crippen MR) is 185 cm³/mol. The third-order valence-corrected chi connectivity index (χ3v) is 17.6. The maximum absolute atomic E-state index is 15.0. The van der Waals surface area contributed by atoms with Crippen molar-refractivity contribution in [1.29, 1.82) is 0 Å². The van der Waals surface area contributed by atoms with Crippen LogP contribution in [0.1, 0.15) is 99.0 Å². The highest BCUT2D eigenvalue weighted by Crippen LogP contribution is 2.88. The summed E-state index contributed by atoms with van der Waals surface area (Å²) in [6, 6.07) is 6.14. The molecule has 8 nitrogen and oxygen atoms in total. The summed E-state index contributed by atoms with van der Waals surface area (Å²) in [7, 11) is -0.0935. The van der Waals surface area contributed by atoms with Gasteiger partial charge in [-0.2, -0.15) is 0 Å². The highest BCUT2D eigenvalue weighted by molar-refractivity contribution is 7.92. The Morgan fingerprint density at radius 3 is 2.15 bits per heavy atom. The van der Waals surface area contributed by atoms with Gasteiger partial charge in [-0.1, -0.05) is 52.3 Å². The Hall–Kier alpha value is -2.10. The van der Waals surface area contributed by atoms with E-state index in [1.54, 1.807) is 31.2 Å². The smallest absolute Gasteiger partial charge is 0.222 e. The summed E-state index contributed by atoms with van der Waals surface area (Å²) >= 11 is 0. The molecule has 5 aliphatic carbocycles. The molecule has 0 radical (unpaired) electrons. The number of aryl methyl sites for hydroxylation is 1. The van der Waals surface area contributed by atoms with Gasteiger partial charge in [0, 0.05) is 41.2 Å². The van der Waals surface area contributed by atoms with Gasteiger partial charge in [0.05, 0.1) is 4.90 Å². The van der Waals surface area contributed by atoms with Gasteiger partial charge in [-0.25, -0.2) is 8.42 Å². The third kappa shape index (κ3) is 4.44. The zero-order valence-corrected chi connectivity index (χ0v) is 31.5. The Bertz CT molecular complexity index is 1620. The van der Waals surface area contributed by atoms with Crippen LogP contribution < -0.4 is 5.32 Å². The number of benzene rings is 1. The van der Waals surface area contributed by atoms with Crippen LogP contribution in [0.2, 0.25) is 0 Å². The van der Waals surface area contributed by atoms with Gasteiger partial charge in [-0.15, -0.1) is 0 Å². The van der Waals surface area contributed by atoms with Crippen molar-refractivity contribution in [1.82, 2.24) is 10.2 Å². The summed E-state index contributed by atoms with van der Waals surface area (Å²) in [4.78, 5) is 43.7. The second kappa shape index (κ2) is 11.2. The van der Waals surface area contributed by atoms with Gasteiger partial charge in [0.1, 0.15) is 11.6 Å². The van der Waals surface area contributed by atoms with Crippen LogP contribution in [0.5, 0.6) is 0 Å². The lowest BCUT2D eigenvalue weighted by atomic mass is 9.41. The van der Waals surface area contributed by atoms with Crippen molar-refractivity contribution in [2.45, 2.75) is 123 Å². The van der Waals surface area contributed by atoms with Gasteiger partial charge in [-0.05, 0) is 120 Å². The van der Waals surface area contributed by atoms with E-state index in [1.165, 1.54) is 0 Å². The minimum absolute atomic E-state index is 0.0532. The van der Waals surface area contributed by atoms with E-state index in [-0.39, 0.29) is 68.8 Å². The number of carbonyl (C=O) groups is 3. The first-order chi connectivity index (χ1) is 22.2. The van der Waals surface area contributed by atoms with E-state index in [0.717, 1.165) is 18.4 Å². The lowest BCUT2D eigenvalue weighted by molar-refractivity contribution is -0.175. The largest absolute Gasteiger partial charge is 0.376 e. The fraction of sp³-hybridized carbons (Fsp3) is 0.769. The maximum atomic E-state index is 15.0. The zero-order chi connectivity index (χ0) is 35.6. The van der Waals surface area contributed by atoms with Crippen molar-refractivity contribution >= 4 is 27.3 Å². The molecule has 266 valence electrons. The van der Waals surface area contributed by atoms with Crippen molar-refractivity contribution in [3.8, 4) is 0 Å². The Morgan fingerprint density at radius 2 is 1.58 bits per heavy atom. The number of aliphatic hydroxyl groups excluding tert-OH is 1. The molecule has 0 aliphatic heterocycles. The first kappa shape index (κ1) is 35.7. The molecule has 1 aromatic rings. The fourth-order valence-electron chi connectivity index (χ4n) is 12.7. The second-order valence-corrected chi connectivity index (χ2v) is 19.9. The van der Waals surface area contributed by atoms with E-state index >= 15 is 0 Å². The van der Waals surface area contributed by atoms with Crippen LogP contribution in [0.3, 0.4) is 0 Å². The van der Waals surface area contributed by atoms with E-state index in [2.05, 4.69) is 45.1 Å². The van der Waals surface area contributed by atoms with Gasteiger partial charge in [0.15, 0.2) is 5.44 Å². The number of hydrogen-bond acceptors (Lipinski definition) is 7. The van der Waals surface area contributed by atoms with Crippen LogP contribution in [0.15, 0.2) is 29.2 Å². The number of ketones is 2. The van der Waals surface area contributed by atoms with Gasteiger partial charge in [0.25, 0.3) is 0 Å². The highest BCUT2D eigenvalue weighted by atomic mass is 32.2. The van der Waals surface area contributed by atoms with Gasteiger partial charge in [-0.3, -0.25) is 14.4 Å². The summed E-state index contributed by atoms with van der Waals surface area (Å²) in [5.41, 5.74) is -3.72.